The van der Waals surface area contributed by atoms with Crippen LogP contribution < -0.4 is 11.1 Å². The Morgan fingerprint density at radius 1 is 1.24 bits per heavy atom. The third kappa shape index (κ3) is 4.33. The minimum absolute atomic E-state index is 0.0631. The first kappa shape index (κ1) is 21.9. The van der Waals surface area contributed by atoms with Gasteiger partial charge in [0.05, 0.1) is 17.7 Å². The zero-order valence-electron chi connectivity index (χ0n) is 18.8. The number of carbonyl (C=O) groups is 1. The average molecular weight is 446 g/mol. The van der Waals surface area contributed by atoms with Crippen LogP contribution in [0.25, 0.3) is 11.1 Å². The van der Waals surface area contributed by atoms with Crippen molar-refractivity contribution < 1.29 is 9.90 Å². The minimum Gasteiger partial charge on any atom is -0.393 e. The number of benzene rings is 1. The van der Waals surface area contributed by atoms with E-state index in [4.69, 9.17) is 11.0 Å². The molecule has 1 aromatic carbocycles. The molecule has 2 aliphatic carbocycles. The molecule has 4 N–H and O–H groups in total. The first-order valence-electron chi connectivity index (χ1n) is 11.9. The van der Waals surface area contributed by atoms with Crippen molar-refractivity contribution in [3.8, 4) is 17.2 Å². The molecular weight excluding hydrogens is 414 g/mol. The van der Waals surface area contributed by atoms with Gasteiger partial charge in [0.15, 0.2) is 0 Å². The van der Waals surface area contributed by atoms with E-state index in [0.717, 1.165) is 43.6 Å². The third-order valence-corrected chi connectivity index (χ3v) is 7.74. The van der Waals surface area contributed by atoms with Gasteiger partial charge >= 0.3 is 0 Å². The molecule has 3 fully saturated rings. The number of aliphatic hydroxyl groups is 1. The van der Waals surface area contributed by atoms with Gasteiger partial charge in [-0.05, 0) is 55.2 Å². The molecule has 3 aliphatic rings. The van der Waals surface area contributed by atoms with Gasteiger partial charge in [-0.3, -0.25) is 4.79 Å². The summed E-state index contributed by atoms with van der Waals surface area (Å²) in [5, 5.41) is 21.6. The van der Waals surface area contributed by atoms with Gasteiger partial charge in [-0.25, -0.2) is 4.98 Å². The molecular formula is C26H31N5O2. The van der Waals surface area contributed by atoms with Crippen molar-refractivity contribution in [3.05, 3.63) is 47.7 Å². The van der Waals surface area contributed by atoms with Crippen molar-refractivity contribution in [2.75, 3.05) is 25.4 Å². The Morgan fingerprint density at radius 3 is 2.73 bits per heavy atom. The monoisotopic (exact) mass is 445 g/mol. The van der Waals surface area contributed by atoms with Crippen LogP contribution in [-0.4, -0.2) is 52.7 Å². The summed E-state index contributed by atoms with van der Waals surface area (Å²) in [4.78, 5) is 19.6. The van der Waals surface area contributed by atoms with Crippen LogP contribution in [0.4, 0.5) is 5.82 Å². The Kier molecular flexibility index (Phi) is 5.81. The van der Waals surface area contributed by atoms with Crippen molar-refractivity contribution in [3.63, 3.8) is 0 Å². The molecule has 2 saturated carbocycles. The van der Waals surface area contributed by atoms with E-state index in [1.165, 1.54) is 12.0 Å². The van der Waals surface area contributed by atoms with E-state index in [2.05, 4.69) is 45.5 Å². The first-order chi connectivity index (χ1) is 16.0. The number of carbonyl (C=O) groups excluding carboxylic acids is 1. The number of fused-ring (bicyclic) bond motifs is 1. The standard InChI is InChI=1S/C26H31N5O2/c27-10-1-11-31-15-20-13-26(20,16-31)19-4-2-17(3-5-19)18-12-23(24(28)29-14-18)25(33)30-21-6-8-22(32)9-7-21/h2-5,12,14,20-22,32H,1,6-9,11,13,15-16H2,(H2,28,29)(H,30,33)/t20-,21-,22-,26+/m0/s1. The van der Waals surface area contributed by atoms with Crippen LogP contribution in [0, 0.1) is 17.2 Å². The third-order valence-electron chi connectivity index (χ3n) is 7.74. The number of likely N-dealkylation sites (tertiary alicyclic amines) is 1. The molecule has 0 radical (unpaired) electrons. The Labute approximate surface area is 194 Å². The SMILES string of the molecule is N#CCCN1C[C@@H]2C[C@]2(c2ccc(-c3cnc(N)c(C(=O)N[C@H]4CC[C@H](O)CC4)c3)cc2)C1. The predicted molar refractivity (Wildman–Crippen MR) is 126 cm³/mol. The second kappa shape index (κ2) is 8.77. The smallest absolute Gasteiger partial charge is 0.255 e. The number of nitrogen functional groups attached to an aromatic ring is 1. The van der Waals surface area contributed by atoms with Crippen molar-refractivity contribution in [1.82, 2.24) is 15.2 Å². The molecule has 2 aromatic rings. The number of pyridine rings is 1. The number of anilines is 1. The number of nitrogens with zero attached hydrogens (tertiary/aromatic N) is 3. The maximum Gasteiger partial charge on any atom is 0.255 e. The van der Waals surface area contributed by atoms with Gasteiger partial charge < -0.3 is 21.1 Å². The number of rotatable bonds is 6. The van der Waals surface area contributed by atoms with Gasteiger partial charge in [0.25, 0.3) is 5.91 Å². The van der Waals surface area contributed by atoms with E-state index in [1.54, 1.807) is 6.20 Å². The normalized spacial score (nSPS) is 28.7. The Hall–Kier alpha value is -2.95. The number of piperidine rings is 1. The van der Waals surface area contributed by atoms with E-state index in [-0.39, 0.29) is 29.3 Å². The van der Waals surface area contributed by atoms with Crippen molar-refractivity contribution in [1.29, 1.82) is 5.26 Å². The second-order valence-electron chi connectivity index (χ2n) is 9.91. The molecule has 0 spiro atoms. The summed E-state index contributed by atoms with van der Waals surface area (Å²) >= 11 is 0. The molecule has 172 valence electrons. The van der Waals surface area contributed by atoms with Crippen LogP contribution in [0.2, 0.25) is 0 Å². The van der Waals surface area contributed by atoms with Crippen LogP contribution in [0.5, 0.6) is 0 Å². The predicted octanol–water partition coefficient (Wildman–Crippen LogP) is 2.85. The van der Waals surface area contributed by atoms with Gasteiger partial charge in [0.2, 0.25) is 0 Å². The fraction of sp³-hybridized carbons (Fsp3) is 0.500. The van der Waals surface area contributed by atoms with E-state index in [9.17, 15) is 9.90 Å². The van der Waals surface area contributed by atoms with Crippen LogP contribution in [-0.2, 0) is 5.41 Å². The van der Waals surface area contributed by atoms with Crippen LogP contribution in [0.1, 0.15) is 54.4 Å². The average Bonchev–Trinajstić information content (AvgIpc) is 3.40. The van der Waals surface area contributed by atoms with E-state index in [1.807, 2.05) is 6.07 Å². The number of nitrogens with one attached hydrogen (secondary N) is 1. The molecule has 1 aliphatic heterocycles. The van der Waals surface area contributed by atoms with Gasteiger partial charge in [-0.15, -0.1) is 0 Å². The maximum absolute atomic E-state index is 12.9. The zero-order chi connectivity index (χ0) is 23.0. The summed E-state index contributed by atoms with van der Waals surface area (Å²) in [6.45, 7) is 2.98. The summed E-state index contributed by atoms with van der Waals surface area (Å²) in [5.74, 6) is 0.714. The highest BCUT2D eigenvalue weighted by molar-refractivity contribution is 5.99. The Balaban J connectivity index is 1.28. The number of aliphatic hydroxyl groups excluding tert-OH is 1. The number of amides is 1. The second-order valence-corrected chi connectivity index (χ2v) is 9.91. The molecule has 7 nitrogen and oxygen atoms in total. The highest BCUT2D eigenvalue weighted by Gasteiger charge is 2.60. The highest BCUT2D eigenvalue weighted by Crippen LogP contribution is 2.59. The quantitative estimate of drug-likeness (QED) is 0.630. The summed E-state index contributed by atoms with van der Waals surface area (Å²) < 4.78 is 0. The van der Waals surface area contributed by atoms with Gasteiger partial charge in [-0.1, -0.05) is 24.3 Å². The molecule has 2 heterocycles. The molecule has 2 atom stereocenters. The lowest BCUT2D eigenvalue weighted by Crippen LogP contribution is -2.38. The molecule has 0 unspecified atom stereocenters. The van der Waals surface area contributed by atoms with E-state index in [0.29, 0.717) is 30.7 Å². The van der Waals surface area contributed by atoms with Crippen molar-refractivity contribution in [2.45, 2.75) is 56.1 Å². The summed E-state index contributed by atoms with van der Waals surface area (Å²) in [5.41, 5.74) is 9.91. The number of nitriles is 1. The summed E-state index contributed by atoms with van der Waals surface area (Å²) in [6.07, 6.45) is 6.25. The molecule has 33 heavy (non-hydrogen) atoms. The van der Waals surface area contributed by atoms with Crippen LogP contribution in [0.15, 0.2) is 36.5 Å². The lowest BCUT2D eigenvalue weighted by Gasteiger charge is -2.26. The van der Waals surface area contributed by atoms with Crippen LogP contribution >= 0.6 is 0 Å². The number of aromatic nitrogens is 1. The first-order valence-corrected chi connectivity index (χ1v) is 11.9. The maximum atomic E-state index is 12.9. The number of nitrogens with two attached hydrogens (primary N) is 1. The highest BCUT2D eigenvalue weighted by atomic mass is 16.3. The molecule has 1 aromatic heterocycles. The number of hydrogen-bond donors (Lipinski definition) is 3. The lowest BCUT2D eigenvalue weighted by molar-refractivity contribution is 0.0868. The molecule has 1 saturated heterocycles. The summed E-state index contributed by atoms with van der Waals surface area (Å²) in [6, 6.07) is 12.7. The van der Waals surface area contributed by atoms with E-state index >= 15 is 0 Å². The minimum atomic E-state index is -0.258. The van der Waals surface area contributed by atoms with Gasteiger partial charge in [-0.2, -0.15) is 5.26 Å². The topological polar surface area (TPSA) is 115 Å². The van der Waals surface area contributed by atoms with Crippen molar-refractivity contribution >= 4 is 11.7 Å². The lowest BCUT2D eigenvalue weighted by atomic mass is 9.92. The molecule has 0 bridgehead atoms. The summed E-state index contributed by atoms with van der Waals surface area (Å²) in [7, 11) is 0. The fourth-order valence-electron chi connectivity index (χ4n) is 5.71. The van der Waals surface area contributed by atoms with Crippen molar-refractivity contribution in [2.24, 2.45) is 5.92 Å². The van der Waals surface area contributed by atoms with Gasteiger partial charge in [0.1, 0.15) is 5.82 Å². The Morgan fingerprint density at radius 2 is 2.00 bits per heavy atom. The van der Waals surface area contributed by atoms with Gasteiger partial charge in [0, 0.05) is 49.3 Å². The molecule has 1 amide bonds. The fourth-order valence-corrected chi connectivity index (χ4v) is 5.71. The molecule has 5 rings (SSSR count). The zero-order valence-corrected chi connectivity index (χ0v) is 18.8. The molecule has 7 heteroatoms. The largest absolute Gasteiger partial charge is 0.393 e. The Bertz CT molecular complexity index is 1070. The van der Waals surface area contributed by atoms with E-state index < -0.39 is 0 Å². The van der Waals surface area contributed by atoms with Crippen LogP contribution in [0.3, 0.4) is 0 Å². The number of hydrogen-bond acceptors (Lipinski definition) is 6.